The molecule has 19 heavy (non-hydrogen) atoms. The molecule has 2 rings (SSSR count). The van der Waals surface area contributed by atoms with E-state index in [1.165, 1.54) is 17.0 Å². The average Bonchev–Trinajstić information content (AvgIpc) is 2.67. The molecule has 5 heteroatoms. The minimum Gasteiger partial charge on any atom is -0.492 e. The largest absolute Gasteiger partial charge is 0.492 e. The molecular weight excluding hydrogens is 263 g/mol. The highest BCUT2D eigenvalue weighted by Crippen LogP contribution is 2.27. The van der Waals surface area contributed by atoms with Gasteiger partial charge in [-0.3, -0.25) is 0 Å². The molecule has 0 aliphatic rings. The summed E-state index contributed by atoms with van der Waals surface area (Å²) in [6.07, 6.45) is 0. The van der Waals surface area contributed by atoms with Crippen molar-refractivity contribution in [3.05, 3.63) is 39.6 Å². The molecule has 3 nitrogen and oxygen atoms in total. The fourth-order valence-corrected chi connectivity index (χ4v) is 2.71. The molecule has 0 unspecified atom stereocenters. The monoisotopic (exact) mass is 280 g/mol. The highest BCUT2D eigenvalue weighted by molar-refractivity contribution is 7.11. The second-order valence-electron chi connectivity index (χ2n) is 4.17. The van der Waals surface area contributed by atoms with Crippen LogP contribution >= 0.6 is 11.3 Å². The summed E-state index contributed by atoms with van der Waals surface area (Å²) < 4.78 is 18.6. The molecular formula is C14H17FN2OS. The quantitative estimate of drug-likeness (QED) is 0.901. The Morgan fingerprint density at radius 3 is 2.79 bits per heavy atom. The minimum absolute atomic E-state index is 0.293. The van der Waals surface area contributed by atoms with Crippen LogP contribution in [0.15, 0.2) is 18.2 Å². The number of thiazole rings is 1. The smallest absolute Gasteiger partial charge is 0.145 e. The third-order valence-electron chi connectivity index (χ3n) is 2.68. The highest BCUT2D eigenvalue weighted by Gasteiger charge is 2.08. The van der Waals surface area contributed by atoms with E-state index in [2.05, 4.69) is 10.3 Å². The number of hydrogen-bond acceptors (Lipinski definition) is 4. The van der Waals surface area contributed by atoms with E-state index in [1.807, 2.05) is 20.8 Å². The summed E-state index contributed by atoms with van der Waals surface area (Å²) in [6.45, 7) is 7.05. The van der Waals surface area contributed by atoms with Gasteiger partial charge in [-0.05, 0) is 32.9 Å². The first kappa shape index (κ1) is 13.8. The van der Waals surface area contributed by atoms with Crippen LogP contribution in [-0.2, 0) is 6.54 Å². The van der Waals surface area contributed by atoms with Crippen LogP contribution in [0.25, 0.3) is 0 Å². The van der Waals surface area contributed by atoms with Crippen molar-refractivity contribution in [3.8, 4) is 5.75 Å². The van der Waals surface area contributed by atoms with E-state index < -0.39 is 0 Å². The maximum Gasteiger partial charge on any atom is 0.145 e. The lowest BCUT2D eigenvalue weighted by molar-refractivity contribution is 0.340. The van der Waals surface area contributed by atoms with E-state index >= 15 is 0 Å². The van der Waals surface area contributed by atoms with Gasteiger partial charge in [0.2, 0.25) is 0 Å². The van der Waals surface area contributed by atoms with Gasteiger partial charge in [-0.2, -0.15) is 0 Å². The summed E-state index contributed by atoms with van der Waals surface area (Å²) in [6, 6.07) is 4.52. The van der Waals surface area contributed by atoms with Crippen LogP contribution in [-0.4, -0.2) is 11.6 Å². The number of nitrogens with zero attached hydrogens (tertiary/aromatic N) is 1. The van der Waals surface area contributed by atoms with E-state index in [1.54, 1.807) is 17.4 Å². The van der Waals surface area contributed by atoms with Crippen molar-refractivity contribution in [1.29, 1.82) is 0 Å². The molecule has 0 radical (unpaired) electrons. The Morgan fingerprint density at radius 1 is 1.37 bits per heavy atom. The number of ether oxygens (including phenoxy) is 1. The van der Waals surface area contributed by atoms with E-state index in [4.69, 9.17) is 4.74 Å². The van der Waals surface area contributed by atoms with Crippen molar-refractivity contribution in [2.24, 2.45) is 0 Å². The standard InChI is InChI=1S/C14H17FN2OS/c1-4-18-13-7-11(15)5-6-12(13)16-8-14-9(2)17-10(3)19-14/h5-7,16H,4,8H2,1-3H3. The Labute approximate surface area is 116 Å². The van der Waals surface area contributed by atoms with Crippen LogP contribution < -0.4 is 10.1 Å². The van der Waals surface area contributed by atoms with Crippen LogP contribution in [0.2, 0.25) is 0 Å². The first-order valence-electron chi connectivity index (χ1n) is 6.19. The molecule has 0 aliphatic carbocycles. The number of nitrogens with one attached hydrogen (secondary N) is 1. The lowest BCUT2D eigenvalue weighted by Gasteiger charge is -2.12. The van der Waals surface area contributed by atoms with Crippen molar-refractivity contribution in [2.75, 3.05) is 11.9 Å². The molecule has 1 aromatic heterocycles. The molecule has 1 N–H and O–H groups in total. The number of rotatable bonds is 5. The fraction of sp³-hybridized carbons (Fsp3) is 0.357. The zero-order valence-electron chi connectivity index (χ0n) is 11.3. The lowest BCUT2D eigenvalue weighted by atomic mass is 10.2. The number of aromatic nitrogens is 1. The molecule has 0 atom stereocenters. The molecule has 0 amide bonds. The number of halogens is 1. The Hall–Kier alpha value is -1.62. The van der Waals surface area contributed by atoms with Gasteiger partial charge in [0.1, 0.15) is 11.6 Å². The van der Waals surface area contributed by atoms with Crippen molar-refractivity contribution in [3.63, 3.8) is 0 Å². The summed E-state index contributed by atoms with van der Waals surface area (Å²) in [4.78, 5) is 5.57. The van der Waals surface area contributed by atoms with Crippen LogP contribution in [0.3, 0.4) is 0 Å². The molecule has 0 saturated heterocycles. The van der Waals surface area contributed by atoms with E-state index in [9.17, 15) is 4.39 Å². The Bertz CT molecular complexity index is 569. The Balaban J connectivity index is 2.12. The highest BCUT2D eigenvalue weighted by atomic mass is 32.1. The van der Waals surface area contributed by atoms with Gasteiger partial charge in [0.05, 0.1) is 29.5 Å². The summed E-state index contributed by atoms with van der Waals surface area (Å²) in [5.41, 5.74) is 1.84. The third-order valence-corrected chi connectivity index (χ3v) is 3.76. The Kier molecular flexibility index (Phi) is 4.37. The Morgan fingerprint density at radius 2 is 2.16 bits per heavy atom. The first-order chi connectivity index (χ1) is 9.10. The van der Waals surface area contributed by atoms with Gasteiger partial charge < -0.3 is 10.1 Å². The molecule has 1 heterocycles. The van der Waals surface area contributed by atoms with Gasteiger partial charge in [0.15, 0.2) is 0 Å². The molecule has 2 aromatic rings. The zero-order valence-corrected chi connectivity index (χ0v) is 12.1. The number of anilines is 1. The first-order valence-corrected chi connectivity index (χ1v) is 7.01. The molecule has 102 valence electrons. The van der Waals surface area contributed by atoms with Crippen molar-refractivity contribution in [2.45, 2.75) is 27.3 Å². The third kappa shape index (κ3) is 3.44. The topological polar surface area (TPSA) is 34.1 Å². The summed E-state index contributed by atoms with van der Waals surface area (Å²) in [5, 5.41) is 4.33. The molecule has 1 aromatic carbocycles. The van der Waals surface area contributed by atoms with Gasteiger partial charge in [-0.15, -0.1) is 11.3 Å². The van der Waals surface area contributed by atoms with Gasteiger partial charge in [-0.1, -0.05) is 0 Å². The van der Waals surface area contributed by atoms with Crippen LogP contribution in [0.1, 0.15) is 22.5 Å². The van der Waals surface area contributed by atoms with E-state index in [-0.39, 0.29) is 5.82 Å². The average molecular weight is 280 g/mol. The van der Waals surface area contributed by atoms with Crippen molar-refractivity contribution < 1.29 is 9.13 Å². The number of aryl methyl sites for hydroxylation is 2. The van der Waals surface area contributed by atoms with Gasteiger partial charge in [0.25, 0.3) is 0 Å². The maximum absolute atomic E-state index is 13.2. The predicted octanol–water partition coefficient (Wildman–Crippen LogP) is 3.91. The molecule has 0 fully saturated rings. The van der Waals surface area contributed by atoms with Crippen molar-refractivity contribution >= 4 is 17.0 Å². The normalized spacial score (nSPS) is 10.5. The summed E-state index contributed by atoms with van der Waals surface area (Å²) >= 11 is 1.67. The van der Waals surface area contributed by atoms with Gasteiger partial charge in [-0.25, -0.2) is 9.37 Å². The van der Waals surface area contributed by atoms with Crippen LogP contribution in [0, 0.1) is 19.7 Å². The zero-order chi connectivity index (χ0) is 13.8. The fourth-order valence-electron chi connectivity index (χ4n) is 1.83. The molecule has 0 bridgehead atoms. The number of hydrogen-bond donors (Lipinski definition) is 1. The molecule has 0 spiro atoms. The SMILES string of the molecule is CCOc1cc(F)ccc1NCc1sc(C)nc1C. The summed E-state index contributed by atoms with van der Waals surface area (Å²) in [5.74, 6) is 0.250. The van der Waals surface area contributed by atoms with Crippen molar-refractivity contribution in [1.82, 2.24) is 4.98 Å². The lowest BCUT2D eigenvalue weighted by Crippen LogP contribution is -2.03. The second-order valence-corrected chi connectivity index (χ2v) is 5.46. The van der Waals surface area contributed by atoms with Crippen LogP contribution in [0.4, 0.5) is 10.1 Å². The van der Waals surface area contributed by atoms with E-state index in [0.29, 0.717) is 18.9 Å². The molecule has 0 saturated carbocycles. The number of benzene rings is 1. The maximum atomic E-state index is 13.2. The predicted molar refractivity (Wildman–Crippen MR) is 76.5 cm³/mol. The second kappa shape index (κ2) is 6.02. The van der Waals surface area contributed by atoms with Crippen LogP contribution in [0.5, 0.6) is 5.75 Å². The van der Waals surface area contributed by atoms with Gasteiger partial charge >= 0.3 is 0 Å². The summed E-state index contributed by atoms with van der Waals surface area (Å²) in [7, 11) is 0. The molecule has 0 aliphatic heterocycles. The minimum atomic E-state index is -0.293. The van der Waals surface area contributed by atoms with Gasteiger partial charge in [0, 0.05) is 10.9 Å². The van der Waals surface area contributed by atoms with E-state index in [0.717, 1.165) is 16.4 Å².